The van der Waals surface area contributed by atoms with Crippen LogP contribution in [0.25, 0.3) is 10.7 Å². The van der Waals surface area contributed by atoms with Gasteiger partial charge in [-0.3, -0.25) is 14.5 Å². The molecule has 2 aromatic heterocycles. The molecule has 2 N–H and O–H groups in total. The van der Waals surface area contributed by atoms with Gasteiger partial charge < -0.3 is 5.32 Å². The number of aromatic nitrogens is 3. The third kappa shape index (κ3) is 4.23. The van der Waals surface area contributed by atoms with Crippen molar-refractivity contribution in [1.82, 2.24) is 20.1 Å². The Kier molecular flexibility index (Phi) is 5.90. The number of rotatable bonds is 6. The number of benzene rings is 1. The highest BCUT2D eigenvalue weighted by Crippen LogP contribution is 2.25. The number of thiophene rings is 1. The molecule has 0 aliphatic rings. The van der Waals surface area contributed by atoms with Gasteiger partial charge in [-0.1, -0.05) is 43.6 Å². The number of amides is 1. The Morgan fingerprint density at radius 1 is 1.35 bits per heavy atom. The van der Waals surface area contributed by atoms with Gasteiger partial charge in [-0.05, 0) is 47.3 Å². The Morgan fingerprint density at radius 3 is 2.69 bits per heavy atom. The minimum Gasteiger partial charge on any atom is -0.347 e. The molecule has 0 spiro atoms. The van der Waals surface area contributed by atoms with E-state index in [0.717, 1.165) is 10.4 Å². The first-order chi connectivity index (χ1) is 12.5. The molecule has 136 valence electrons. The summed E-state index contributed by atoms with van der Waals surface area (Å²) in [6.07, 6.45) is 0. The second kappa shape index (κ2) is 8.16. The van der Waals surface area contributed by atoms with Gasteiger partial charge in [0, 0.05) is 5.02 Å². The maximum absolute atomic E-state index is 12.7. The Bertz CT molecular complexity index is 929. The standard InChI is InChI=1S/C18H19ClN4OS2/c1-11(2)16(12-5-7-13(19)8-6-12)20-15(24)10-23-17(21-22-18(23)25)14-4-3-9-26-14/h3-9,11,16H,10H2,1-2H3,(H,20,24)(H,22,25). The van der Waals surface area contributed by atoms with Crippen LogP contribution in [0.15, 0.2) is 41.8 Å². The number of halogens is 1. The Morgan fingerprint density at radius 2 is 2.08 bits per heavy atom. The van der Waals surface area contributed by atoms with Crippen LogP contribution in [-0.2, 0) is 11.3 Å². The molecule has 26 heavy (non-hydrogen) atoms. The van der Waals surface area contributed by atoms with Gasteiger partial charge >= 0.3 is 0 Å². The van der Waals surface area contributed by atoms with Gasteiger partial charge in [-0.15, -0.1) is 11.3 Å². The quantitative estimate of drug-likeness (QED) is 0.576. The van der Waals surface area contributed by atoms with Crippen LogP contribution in [0.3, 0.4) is 0 Å². The third-order valence-corrected chi connectivity index (χ3v) is 5.44. The fourth-order valence-corrected chi connectivity index (χ4v) is 3.77. The zero-order chi connectivity index (χ0) is 18.7. The van der Waals surface area contributed by atoms with Crippen LogP contribution in [0.4, 0.5) is 0 Å². The average Bonchev–Trinajstić information content (AvgIpc) is 3.24. The molecule has 1 amide bonds. The van der Waals surface area contributed by atoms with Gasteiger partial charge in [0.1, 0.15) is 6.54 Å². The number of carbonyl (C=O) groups excluding carboxylic acids is 1. The van der Waals surface area contributed by atoms with Crippen molar-refractivity contribution in [3.8, 4) is 10.7 Å². The van der Waals surface area contributed by atoms with Crippen LogP contribution >= 0.6 is 35.2 Å². The molecule has 1 atom stereocenters. The minimum atomic E-state index is -0.117. The lowest BCUT2D eigenvalue weighted by Gasteiger charge is -2.23. The van der Waals surface area contributed by atoms with Crippen LogP contribution in [0, 0.1) is 10.7 Å². The summed E-state index contributed by atoms with van der Waals surface area (Å²) in [5.41, 5.74) is 1.02. The maximum Gasteiger partial charge on any atom is 0.240 e. The first-order valence-corrected chi connectivity index (χ1v) is 9.86. The lowest BCUT2D eigenvalue weighted by atomic mass is 9.96. The van der Waals surface area contributed by atoms with Crippen molar-refractivity contribution >= 4 is 41.1 Å². The summed E-state index contributed by atoms with van der Waals surface area (Å²) in [4.78, 5) is 13.7. The van der Waals surface area contributed by atoms with Crippen LogP contribution in [0.1, 0.15) is 25.5 Å². The average molecular weight is 407 g/mol. The molecule has 3 rings (SSSR count). The Hall–Kier alpha value is -1.96. The number of hydrogen-bond acceptors (Lipinski definition) is 4. The van der Waals surface area contributed by atoms with Gasteiger partial charge in [-0.25, -0.2) is 0 Å². The van der Waals surface area contributed by atoms with Crippen LogP contribution < -0.4 is 5.32 Å². The van der Waals surface area contributed by atoms with E-state index in [0.29, 0.717) is 15.6 Å². The molecule has 0 fully saturated rings. The number of H-pyrrole nitrogens is 1. The second-order valence-corrected chi connectivity index (χ2v) is 8.03. The summed E-state index contributed by atoms with van der Waals surface area (Å²) >= 11 is 12.8. The van der Waals surface area contributed by atoms with Gasteiger partial charge in [0.05, 0.1) is 10.9 Å². The predicted octanol–water partition coefficient (Wildman–Crippen LogP) is 4.84. The summed E-state index contributed by atoms with van der Waals surface area (Å²) in [7, 11) is 0. The van der Waals surface area contributed by atoms with Crippen molar-refractivity contribution in [2.24, 2.45) is 5.92 Å². The van der Waals surface area contributed by atoms with E-state index in [9.17, 15) is 4.79 Å². The molecular weight excluding hydrogens is 388 g/mol. The Balaban J connectivity index is 1.79. The normalized spacial score (nSPS) is 12.3. The topological polar surface area (TPSA) is 62.7 Å². The fraction of sp³-hybridized carbons (Fsp3) is 0.278. The highest BCUT2D eigenvalue weighted by Gasteiger charge is 2.20. The second-order valence-electron chi connectivity index (χ2n) is 6.26. The fourth-order valence-electron chi connectivity index (χ4n) is 2.73. The maximum atomic E-state index is 12.7. The third-order valence-electron chi connectivity index (χ3n) is 4.01. The van der Waals surface area contributed by atoms with Gasteiger partial charge in [0.25, 0.3) is 0 Å². The summed E-state index contributed by atoms with van der Waals surface area (Å²) in [5.74, 6) is 0.788. The summed E-state index contributed by atoms with van der Waals surface area (Å²) in [5, 5.41) is 12.8. The summed E-state index contributed by atoms with van der Waals surface area (Å²) in [6.45, 7) is 4.25. The van der Waals surface area contributed by atoms with E-state index >= 15 is 0 Å². The number of carbonyl (C=O) groups is 1. The molecule has 5 nitrogen and oxygen atoms in total. The molecule has 0 radical (unpaired) electrons. The van der Waals surface area contributed by atoms with Crippen LogP contribution in [0.2, 0.25) is 5.02 Å². The van der Waals surface area contributed by atoms with E-state index in [1.54, 1.807) is 15.9 Å². The zero-order valence-corrected chi connectivity index (χ0v) is 16.8. The molecule has 0 aliphatic carbocycles. The monoisotopic (exact) mass is 406 g/mol. The van der Waals surface area contributed by atoms with E-state index in [2.05, 4.69) is 29.4 Å². The van der Waals surface area contributed by atoms with Gasteiger partial charge in [-0.2, -0.15) is 5.10 Å². The molecule has 1 aromatic carbocycles. The van der Waals surface area contributed by atoms with E-state index in [1.165, 1.54) is 0 Å². The molecule has 0 aliphatic heterocycles. The summed E-state index contributed by atoms with van der Waals surface area (Å²) < 4.78 is 2.14. The van der Waals surface area contributed by atoms with E-state index in [1.807, 2.05) is 41.8 Å². The number of nitrogens with zero attached hydrogens (tertiary/aromatic N) is 2. The molecule has 0 saturated carbocycles. The zero-order valence-electron chi connectivity index (χ0n) is 14.4. The molecule has 3 aromatic rings. The SMILES string of the molecule is CC(C)C(NC(=O)Cn1c(-c2cccs2)n[nH]c1=S)c1ccc(Cl)cc1. The highest BCUT2D eigenvalue weighted by atomic mass is 35.5. The molecular formula is C18H19ClN4OS2. The first-order valence-electron chi connectivity index (χ1n) is 8.19. The van der Waals surface area contributed by atoms with Crippen molar-refractivity contribution in [3.63, 3.8) is 0 Å². The van der Waals surface area contributed by atoms with E-state index in [4.69, 9.17) is 23.8 Å². The molecule has 1 unspecified atom stereocenters. The van der Waals surface area contributed by atoms with Crippen molar-refractivity contribution in [1.29, 1.82) is 0 Å². The minimum absolute atomic E-state index is 0.106. The van der Waals surface area contributed by atoms with Gasteiger partial charge in [0.2, 0.25) is 5.91 Å². The lowest BCUT2D eigenvalue weighted by Crippen LogP contribution is -2.34. The largest absolute Gasteiger partial charge is 0.347 e. The van der Waals surface area contributed by atoms with Crippen molar-refractivity contribution in [2.75, 3.05) is 0 Å². The predicted molar refractivity (Wildman–Crippen MR) is 108 cm³/mol. The Labute approximate surface area is 166 Å². The highest BCUT2D eigenvalue weighted by molar-refractivity contribution is 7.71. The lowest BCUT2D eigenvalue weighted by molar-refractivity contribution is -0.122. The molecule has 8 heteroatoms. The van der Waals surface area contributed by atoms with Crippen LogP contribution in [0.5, 0.6) is 0 Å². The first kappa shape index (κ1) is 18.8. The van der Waals surface area contributed by atoms with Crippen LogP contribution in [-0.4, -0.2) is 20.7 Å². The summed E-state index contributed by atoms with van der Waals surface area (Å²) in [6, 6.07) is 11.3. The van der Waals surface area contributed by atoms with Gasteiger partial charge in [0.15, 0.2) is 10.6 Å². The molecule has 0 saturated heterocycles. The van der Waals surface area contributed by atoms with E-state index < -0.39 is 0 Å². The van der Waals surface area contributed by atoms with E-state index in [-0.39, 0.29) is 24.4 Å². The molecule has 0 bridgehead atoms. The molecule has 2 heterocycles. The number of aromatic amines is 1. The van der Waals surface area contributed by atoms with Crippen molar-refractivity contribution in [2.45, 2.75) is 26.4 Å². The smallest absolute Gasteiger partial charge is 0.240 e. The number of hydrogen-bond donors (Lipinski definition) is 2. The van der Waals surface area contributed by atoms with Crippen molar-refractivity contribution in [3.05, 3.63) is 57.1 Å². The van der Waals surface area contributed by atoms with Crippen molar-refractivity contribution < 1.29 is 4.79 Å². The number of nitrogens with one attached hydrogen (secondary N) is 2.